The highest BCUT2D eigenvalue weighted by Gasteiger charge is 2.25. The molecule has 1 rings (SSSR count). The first-order chi connectivity index (χ1) is 6.96. The van der Waals surface area contributed by atoms with Gasteiger partial charge in [0.05, 0.1) is 0 Å². The van der Waals surface area contributed by atoms with Crippen molar-refractivity contribution in [3.05, 3.63) is 34.9 Å². The Kier molecular flexibility index (Phi) is 4.10. The first kappa shape index (κ1) is 12.4. The van der Waals surface area contributed by atoms with Gasteiger partial charge in [0, 0.05) is 5.02 Å². The molecule has 0 aliphatic carbocycles. The highest BCUT2D eigenvalue weighted by atomic mass is 35.5. The van der Waals surface area contributed by atoms with Gasteiger partial charge >= 0.3 is 0 Å². The van der Waals surface area contributed by atoms with Crippen molar-refractivity contribution >= 4 is 21.7 Å². The fourth-order valence-corrected chi connectivity index (χ4v) is 2.64. The first-order valence-electron chi connectivity index (χ1n) is 4.37. The molecule has 0 heterocycles. The van der Waals surface area contributed by atoms with E-state index in [-0.39, 0.29) is 13.0 Å². The number of benzene rings is 1. The van der Waals surface area contributed by atoms with Crippen LogP contribution in [0.4, 0.5) is 0 Å². The molecule has 1 unspecified atom stereocenters. The fourth-order valence-electron chi connectivity index (χ4n) is 1.35. The SMILES string of the molecule is NCCC(c1ccccc1Cl)S(=O)(=O)O. The van der Waals surface area contributed by atoms with Crippen molar-refractivity contribution in [2.45, 2.75) is 11.7 Å². The Morgan fingerprint density at radius 2 is 2.00 bits per heavy atom. The molecule has 0 aromatic heterocycles. The lowest BCUT2D eigenvalue weighted by Crippen LogP contribution is -2.16. The fraction of sp³-hybridized carbons (Fsp3) is 0.333. The predicted octanol–water partition coefficient (Wildman–Crippen LogP) is 1.62. The van der Waals surface area contributed by atoms with Gasteiger partial charge in [-0.2, -0.15) is 8.42 Å². The number of nitrogens with two attached hydrogens (primary N) is 1. The van der Waals surface area contributed by atoms with Crippen molar-refractivity contribution in [1.29, 1.82) is 0 Å². The molecule has 0 spiro atoms. The van der Waals surface area contributed by atoms with Gasteiger partial charge in [-0.1, -0.05) is 29.8 Å². The van der Waals surface area contributed by atoms with Crippen LogP contribution in [0.1, 0.15) is 17.2 Å². The molecule has 1 aromatic rings. The summed E-state index contributed by atoms with van der Waals surface area (Å²) in [6, 6.07) is 6.49. The zero-order valence-electron chi connectivity index (χ0n) is 7.93. The van der Waals surface area contributed by atoms with E-state index in [1.165, 1.54) is 0 Å². The maximum atomic E-state index is 11.1. The Balaban J connectivity index is 3.16. The number of halogens is 1. The second kappa shape index (κ2) is 4.94. The van der Waals surface area contributed by atoms with E-state index in [2.05, 4.69) is 0 Å². The van der Waals surface area contributed by atoms with Gasteiger partial charge < -0.3 is 5.73 Å². The number of hydrogen-bond acceptors (Lipinski definition) is 3. The molecule has 0 radical (unpaired) electrons. The van der Waals surface area contributed by atoms with Gasteiger partial charge in [0.15, 0.2) is 0 Å². The molecule has 84 valence electrons. The minimum absolute atomic E-state index is 0.141. The second-order valence-electron chi connectivity index (χ2n) is 3.10. The monoisotopic (exact) mass is 249 g/mol. The van der Waals surface area contributed by atoms with Crippen molar-refractivity contribution in [3.8, 4) is 0 Å². The van der Waals surface area contributed by atoms with Crippen LogP contribution in [0.5, 0.6) is 0 Å². The largest absolute Gasteiger partial charge is 0.330 e. The van der Waals surface area contributed by atoms with Crippen LogP contribution >= 0.6 is 11.6 Å². The first-order valence-corrected chi connectivity index (χ1v) is 6.25. The van der Waals surface area contributed by atoms with Crippen molar-refractivity contribution in [1.82, 2.24) is 0 Å². The summed E-state index contributed by atoms with van der Waals surface area (Å²) in [6.45, 7) is 0.162. The molecule has 1 atom stereocenters. The maximum Gasteiger partial charge on any atom is 0.272 e. The Labute approximate surface area is 93.8 Å². The average molecular weight is 250 g/mol. The van der Waals surface area contributed by atoms with Crippen LogP contribution in [-0.4, -0.2) is 19.5 Å². The molecule has 0 aliphatic heterocycles. The van der Waals surface area contributed by atoms with Gasteiger partial charge in [-0.05, 0) is 24.6 Å². The Morgan fingerprint density at radius 3 is 2.47 bits per heavy atom. The molecular weight excluding hydrogens is 238 g/mol. The van der Waals surface area contributed by atoms with Gasteiger partial charge in [-0.25, -0.2) is 0 Å². The van der Waals surface area contributed by atoms with Gasteiger partial charge in [0.2, 0.25) is 0 Å². The molecule has 0 saturated carbocycles. The summed E-state index contributed by atoms with van der Waals surface area (Å²) in [7, 11) is -4.17. The lowest BCUT2D eigenvalue weighted by atomic mass is 10.1. The minimum Gasteiger partial charge on any atom is -0.330 e. The third-order valence-corrected chi connectivity index (χ3v) is 3.59. The van der Waals surface area contributed by atoms with E-state index in [1.54, 1.807) is 24.3 Å². The van der Waals surface area contributed by atoms with Crippen LogP contribution in [0.25, 0.3) is 0 Å². The van der Waals surface area contributed by atoms with Crippen molar-refractivity contribution in [2.24, 2.45) is 5.73 Å². The molecule has 3 N–H and O–H groups in total. The molecule has 0 saturated heterocycles. The summed E-state index contributed by atoms with van der Waals surface area (Å²) in [6.07, 6.45) is 0.141. The van der Waals surface area contributed by atoms with Gasteiger partial charge in [-0.3, -0.25) is 4.55 Å². The van der Waals surface area contributed by atoms with Crippen molar-refractivity contribution in [3.63, 3.8) is 0 Å². The maximum absolute atomic E-state index is 11.1. The smallest absolute Gasteiger partial charge is 0.272 e. The Morgan fingerprint density at radius 1 is 1.40 bits per heavy atom. The van der Waals surface area contributed by atoms with Crippen molar-refractivity contribution < 1.29 is 13.0 Å². The summed E-state index contributed by atoms with van der Waals surface area (Å²) < 4.78 is 31.3. The Bertz CT molecular complexity index is 433. The standard InChI is InChI=1S/C9H12ClNO3S/c10-8-4-2-1-3-7(8)9(5-6-11)15(12,13)14/h1-4,9H,5-6,11H2,(H,12,13,14). The molecule has 0 amide bonds. The molecule has 0 aliphatic rings. The highest BCUT2D eigenvalue weighted by Crippen LogP contribution is 2.30. The highest BCUT2D eigenvalue weighted by molar-refractivity contribution is 7.86. The zero-order valence-corrected chi connectivity index (χ0v) is 9.50. The van der Waals surface area contributed by atoms with E-state index in [4.69, 9.17) is 21.9 Å². The molecular formula is C9H12ClNO3S. The van der Waals surface area contributed by atoms with Gasteiger partial charge in [-0.15, -0.1) is 0 Å². The molecule has 6 heteroatoms. The summed E-state index contributed by atoms with van der Waals surface area (Å²) in [5, 5.41) is -0.732. The number of rotatable bonds is 4. The number of hydrogen-bond donors (Lipinski definition) is 2. The lowest BCUT2D eigenvalue weighted by molar-refractivity contribution is 0.465. The quantitative estimate of drug-likeness (QED) is 0.795. The third kappa shape index (κ3) is 3.17. The van der Waals surface area contributed by atoms with E-state index >= 15 is 0 Å². The third-order valence-electron chi connectivity index (χ3n) is 2.04. The van der Waals surface area contributed by atoms with E-state index in [0.717, 1.165) is 0 Å². The molecule has 4 nitrogen and oxygen atoms in total. The van der Waals surface area contributed by atoms with Gasteiger partial charge in [0.1, 0.15) is 5.25 Å². The summed E-state index contributed by atoms with van der Waals surface area (Å²) >= 11 is 5.84. The predicted molar refractivity (Wildman–Crippen MR) is 59.4 cm³/mol. The molecule has 0 bridgehead atoms. The second-order valence-corrected chi connectivity index (χ2v) is 5.11. The van der Waals surface area contributed by atoms with Crippen LogP contribution < -0.4 is 5.73 Å². The Hall–Kier alpha value is -0.620. The topological polar surface area (TPSA) is 80.4 Å². The summed E-state index contributed by atoms with van der Waals surface area (Å²) in [5.74, 6) is 0. The molecule has 1 aromatic carbocycles. The van der Waals surface area contributed by atoms with Crippen LogP contribution in [-0.2, 0) is 10.1 Å². The molecule has 15 heavy (non-hydrogen) atoms. The van der Waals surface area contributed by atoms with Crippen LogP contribution in [0.3, 0.4) is 0 Å². The van der Waals surface area contributed by atoms with Gasteiger partial charge in [0.25, 0.3) is 10.1 Å². The zero-order chi connectivity index (χ0) is 11.5. The average Bonchev–Trinajstić information content (AvgIpc) is 2.14. The minimum atomic E-state index is -4.17. The summed E-state index contributed by atoms with van der Waals surface area (Å²) in [4.78, 5) is 0. The molecule has 0 fully saturated rings. The summed E-state index contributed by atoms with van der Waals surface area (Å²) in [5.41, 5.74) is 5.68. The normalized spacial score (nSPS) is 13.8. The van der Waals surface area contributed by atoms with E-state index in [1.807, 2.05) is 0 Å². The van der Waals surface area contributed by atoms with E-state index < -0.39 is 15.4 Å². The van der Waals surface area contributed by atoms with Crippen molar-refractivity contribution in [2.75, 3.05) is 6.54 Å². The van der Waals surface area contributed by atoms with E-state index in [9.17, 15) is 8.42 Å². The van der Waals surface area contributed by atoms with E-state index in [0.29, 0.717) is 10.6 Å². The lowest BCUT2D eigenvalue weighted by Gasteiger charge is -2.14. The van der Waals surface area contributed by atoms with Crippen LogP contribution in [0.2, 0.25) is 5.02 Å². The van der Waals surface area contributed by atoms with Crippen LogP contribution in [0, 0.1) is 0 Å². The van der Waals surface area contributed by atoms with Crippen LogP contribution in [0.15, 0.2) is 24.3 Å².